The molecular formula is C21H26N4O4S. The lowest BCUT2D eigenvalue weighted by Crippen LogP contribution is -2.12. The average molecular weight is 431 g/mol. The fourth-order valence-corrected chi connectivity index (χ4v) is 3.66. The Kier molecular flexibility index (Phi) is 7.40. The molecule has 0 saturated heterocycles. The number of amides is 1. The monoisotopic (exact) mass is 430 g/mol. The molecule has 1 amide bonds. The Morgan fingerprint density at radius 3 is 2.73 bits per heavy atom. The van der Waals surface area contributed by atoms with Crippen LogP contribution in [0.15, 0.2) is 22.7 Å². The van der Waals surface area contributed by atoms with Crippen LogP contribution < -0.4 is 14.8 Å². The highest BCUT2D eigenvalue weighted by Crippen LogP contribution is 2.30. The van der Waals surface area contributed by atoms with E-state index in [0.717, 1.165) is 41.9 Å². The minimum absolute atomic E-state index is 0.276. The number of methoxy groups -OCH3 is 1. The van der Waals surface area contributed by atoms with Crippen molar-refractivity contribution in [2.45, 2.75) is 53.1 Å². The molecule has 0 saturated carbocycles. The largest absolute Gasteiger partial charge is 0.493 e. The van der Waals surface area contributed by atoms with Crippen LogP contribution in [0.3, 0.4) is 0 Å². The first kappa shape index (κ1) is 21.8. The molecule has 0 bridgehead atoms. The Balaban J connectivity index is 1.64. The predicted molar refractivity (Wildman–Crippen MR) is 114 cm³/mol. The predicted octanol–water partition coefficient (Wildman–Crippen LogP) is 4.72. The molecule has 3 rings (SSSR count). The van der Waals surface area contributed by atoms with Crippen molar-refractivity contribution in [3.8, 4) is 11.5 Å². The topological polar surface area (TPSA) is 99.4 Å². The fourth-order valence-electron chi connectivity index (χ4n) is 2.89. The molecule has 8 nitrogen and oxygen atoms in total. The molecule has 0 unspecified atom stereocenters. The number of anilines is 1. The molecule has 0 aliphatic carbocycles. The van der Waals surface area contributed by atoms with Gasteiger partial charge >= 0.3 is 0 Å². The van der Waals surface area contributed by atoms with Gasteiger partial charge in [0, 0.05) is 12.0 Å². The summed E-state index contributed by atoms with van der Waals surface area (Å²) in [6.07, 6.45) is 4.27. The summed E-state index contributed by atoms with van der Waals surface area (Å²) in [4.78, 5) is 12.6. The van der Waals surface area contributed by atoms with Crippen molar-refractivity contribution in [2.75, 3.05) is 12.4 Å². The molecule has 0 fully saturated rings. The van der Waals surface area contributed by atoms with Gasteiger partial charge < -0.3 is 14.0 Å². The number of hydrogen-bond donors (Lipinski definition) is 1. The van der Waals surface area contributed by atoms with Crippen LogP contribution >= 0.6 is 11.3 Å². The number of aryl methyl sites for hydroxylation is 3. The molecule has 3 aromatic rings. The van der Waals surface area contributed by atoms with Crippen molar-refractivity contribution in [3.63, 3.8) is 0 Å². The Bertz CT molecular complexity index is 979. The van der Waals surface area contributed by atoms with Crippen LogP contribution in [-0.4, -0.2) is 28.4 Å². The number of ether oxygens (including phenoxy) is 2. The summed E-state index contributed by atoms with van der Waals surface area (Å²) in [5.74, 6) is 1.44. The lowest BCUT2D eigenvalue weighted by molar-refractivity contribution is 0.102. The van der Waals surface area contributed by atoms with Gasteiger partial charge in [0.05, 0.1) is 18.4 Å². The van der Waals surface area contributed by atoms with E-state index in [-0.39, 0.29) is 5.91 Å². The number of nitrogens with one attached hydrogen (secondary N) is 1. The van der Waals surface area contributed by atoms with Crippen molar-refractivity contribution < 1.29 is 18.8 Å². The first-order chi connectivity index (χ1) is 14.5. The molecule has 30 heavy (non-hydrogen) atoms. The van der Waals surface area contributed by atoms with Crippen molar-refractivity contribution in [3.05, 3.63) is 45.8 Å². The Labute approximate surface area is 179 Å². The minimum atomic E-state index is -0.276. The van der Waals surface area contributed by atoms with Gasteiger partial charge in [-0.1, -0.05) is 36.3 Å². The number of carbonyl (C=O) groups excluding carboxylic acids is 1. The highest BCUT2D eigenvalue weighted by Gasteiger charge is 2.15. The fraction of sp³-hybridized carbons (Fsp3) is 0.429. The standard InChI is InChI=1S/C21H26N4O4S/c1-5-6-7-8-19-23-24-21(30-19)22-20(26)15-9-10-17(18(11-15)27-4)28-12-16-13(2)25-29-14(16)3/h9-11H,5-8,12H2,1-4H3,(H,22,24,26). The van der Waals surface area contributed by atoms with E-state index in [1.165, 1.54) is 18.4 Å². The van der Waals surface area contributed by atoms with Crippen LogP contribution in [0.5, 0.6) is 11.5 Å². The number of hydrogen-bond acceptors (Lipinski definition) is 8. The first-order valence-corrected chi connectivity index (χ1v) is 10.7. The Morgan fingerprint density at radius 1 is 1.20 bits per heavy atom. The van der Waals surface area contributed by atoms with Gasteiger partial charge in [-0.3, -0.25) is 10.1 Å². The average Bonchev–Trinajstić information content (AvgIpc) is 3.32. The quantitative estimate of drug-likeness (QED) is 0.465. The summed E-state index contributed by atoms with van der Waals surface area (Å²) >= 11 is 1.40. The van der Waals surface area contributed by atoms with Crippen LogP contribution in [0.1, 0.15) is 58.6 Å². The third kappa shape index (κ3) is 5.35. The summed E-state index contributed by atoms with van der Waals surface area (Å²) in [6, 6.07) is 5.03. The molecular weight excluding hydrogens is 404 g/mol. The van der Waals surface area contributed by atoms with E-state index in [0.29, 0.717) is 34.6 Å². The van der Waals surface area contributed by atoms with Gasteiger partial charge in [0.2, 0.25) is 5.13 Å². The molecule has 0 atom stereocenters. The van der Waals surface area contributed by atoms with E-state index >= 15 is 0 Å². The number of carbonyl (C=O) groups is 1. The highest BCUT2D eigenvalue weighted by molar-refractivity contribution is 7.15. The summed E-state index contributed by atoms with van der Waals surface area (Å²) in [5, 5.41) is 16.3. The van der Waals surface area contributed by atoms with Gasteiger partial charge in [0.1, 0.15) is 17.4 Å². The van der Waals surface area contributed by atoms with E-state index in [4.69, 9.17) is 14.0 Å². The maximum absolute atomic E-state index is 12.6. The van der Waals surface area contributed by atoms with Crippen molar-refractivity contribution in [1.29, 1.82) is 0 Å². The molecule has 0 aliphatic rings. The van der Waals surface area contributed by atoms with Crippen molar-refractivity contribution in [1.82, 2.24) is 15.4 Å². The molecule has 160 valence electrons. The number of unbranched alkanes of at least 4 members (excludes halogenated alkanes) is 2. The lowest BCUT2D eigenvalue weighted by Gasteiger charge is -2.12. The number of rotatable bonds is 10. The van der Waals surface area contributed by atoms with Crippen LogP contribution in [0.25, 0.3) is 0 Å². The molecule has 0 spiro atoms. The summed E-state index contributed by atoms with van der Waals surface area (Å²) in [7, 11) is 1.53. The van der Waals surface area contributed by atoms with E-state index in [1.54, 1.807) is 18.2 Å². The number of benzene rings is 1. The summed E-state index contributed by atoms with van der Waals surface area (Å²) < 4.78 is 16.4. The van der Waals surface area contributed by atoms with Gasteiger partial charge in [-0.05, 0) is 38.5 Å². The smallest absolute Gasteiger partial charge is 0.257 e. The summed E-state index contributed by atoms with van der Waals surface area (Å²) in [5.41, 5.74) is 2.12. The minimum Gasteiger partial charge on any atom is -0.493 e. The first-order valence-electron chi connectivity index (χ1n) is 9.88. The van der Waals surface area contributed by atoms with Crippen LogP contribution in [-0.2, 0) is 13.0 Å². The van der Waals surface area contributed by atoms with E-state index in [1.807, 2.05) is 13.8 Å². The lowest BCUT2D eigenvalue weighted by atomic mass is 10.2. The molecule has 0 radical (unpaired) electrons. The zero-order valence-electron chi connectivity index (χ0n) is 17.7. The maximum atomic E-state index is 12.6. The van der Waals surface area contributed by atoms with E-state index < -0.39 is 0 Å². The van der Waals surface area contributed by atoms with E-state index in [9.17, 15) is 4.79 Å². The van der Waals surface area contributed by atoms with Crippen molar-refractivity contribution >= 4 is 22.4 Å². The van der Waals surface area contributed by atoms with E-state index in [2.05, 4.69) is 27.6 Å². The molecule has 1 aromatic carbocycles. The van der Waals surface area contributed by atoms with Crippen LogP contribution in [0.2, 0.25) is 0 Å². The Hall–Kier alpha value is -2.94. The highest BCUT2D eigenvalue weighted by atomic mass is 32.1. The zero-order valence-corrected chi connectivity index (χ0v) is 18.5. The second kappa shape index (κ2) is 10.2. The molecule has 2 heterocycles. The van der Waals surface area contributed by atoms with Gasteiger partial charge in [-0.2, -0.15) is 0 Å². The SMILES string of the molecule is CCCCCc1nnc(NC(=O)c2ccc(OCc3c(C)noc3C)c(OC)c2)s1. The van der Waals surface area contributed by atoms with Gasteiger partial charge in [0.25, 0.3) is 5.91 Å². The third-order valence-corrected chi connectivity index (χ3v) is 5.56. The third-order valence-electron chi connectivity index (χ3n) is 4.66. The molecule has 0 aliphatic heterocycles. The second-order valence-electron chi connectivity index (χ2n) is 6.87. The van der Waals surface area contributed by atoms with Crippen LogP contribution in [0, 0.1) is 13.8 Å². The van der Waals surface area contributed by atoms with Gasteiger partial charge in [0.15, 0.2) is 11.5 Å². The zero-order chi connectivity index (χ0) is 21.5. The van der Waals surface area contributed by atoms with Gasteiger partial charge in [-0.25, -0.2) is 0 Å². The molecule has 1 N–H and O–H groups in total. The molecule has 9 heteroatoms. The number of aromatic nitrogens is 3. The van der Waals surface area contributed by atoms with Crippen LogP contribution in [0.4, 0.5) is 5.13 Å². The number of nitrogens with zero attached hydrogens (tertiary/aromatic N) is 3. The van der Waals surface area contributed by atoms with Gasteiger partial charge in [-0.15, -0.1) is 10.2 Å². The normalized spacial score (nSPS) is 10.8. The van der Waals surface area contributed by atoms with Crippen molar-refractivity contribution in [2.24, 2.45) is 0 Å². The maximum Gasteiger partial charge on any atom is 0.257 e. The second-order valence-corrected chi connectivity index (χ2v) is 7.93. The Morgan fingerprint density at radius 2 is 2.03 bits per heavy atom. The summed E-state index contributed by atoms with van der Waals surface area (Å²) in [6.45, 7) is 6.16. The molecule has 2 aromatic heterocycles.